The maximum absolute atomic E-state index is 12.8. The minimum atomic E-state index is -0.969. The molecule has 0 bridgehead atoms. The second-order valence-corrected chi connectivity index (χ2v) is 7.85. The van der Waals surface area contributed by atoms with Crippen LogP contribution in [0.2, 0.25) is 0 Å². The van der Waals surface area contributed by atoms with Crippen LogP contribution in [0.4, 0.5) is 10.6 Å². The summed E-state index contributed by atoms with van der Waals surface area (Å²) in [5.41, 5.74) is 2.61. The molecule has 1 atom stereocenters. The first-order valence-electron chi connectivity index (χ1n) is 10.2. The molecule has 0 radical (unpaired) electrons. The number of anilines is 1. The Kier molecular flexibility index (Phi) is 4.61. The van der Waals surface area contributed by atoms with Crippen LogP contribution in [0.15, 0.2) is 30.5 Å². The second-order valence-electron chi connectivity index (χ2n) is 7.85. The Morgan fingerprint density at radius 2 is 2.06 bits per heavy atom. The Morgan fingerprint density at radius 3 is 2.90 bits per heavy atom. The average Bonchev–Trinajstić information content (AvgIpc) is 3.36. The van der Waals surface area contributed by atoms with Gasteiger partial charge in [0.05, 0.1) is 0 Å². The van der Waals surface area contributed by atoms with Gasteiger partial charge in [-0.3, -0.25) is 9.78 Å². The molecular weight excluding hydrogens is 398 g/mol. The van der Waals surface area contributed by atoms with Crippen molar-refractivity contribution in [1.29, 1.82) is 0 Å². The lowest BCUT2D eigenvalue weighted by molar-refractivity contribution is 0.102. The number of aromatic nitrogens is 5. The Bertz CT molecular complexity index is 1190. The van der Waals surface area contributed by atoms with Crippen molar-refractivity contribution < 1.29 is 14.7 Å². The van der Waals surface area contributed by atoms with Crippen LogP contribution in [0.25, 0.3) is 11.5 Å². The lowest BCUT2D eigenvalue weighted by Crippen LogP contribution is -2.35. The minimum absolute atomic E-state index is 0.218. The summed E-state index contributed by atoms with van der Waals surface area (Å²) in [6, 6.07) is 7.32. The van der Waals surface area contributed by atoms with Crippen molar-refractivity contribution in [2.75, 3.05) is 11.9 Å². The number of nitrogens with one attached hydrogen (secondary N) is 1. The summed E-state index contributed by atoms with van der Waals surface area (Å²) in [5, 5.41) is 20.5. The number of carbonyl (C=O) groups is 2. The van der Waals surface area contributed by atoms with Crippen LogP contribution < -0.4 is 5.32 Å². The van der Waals surface area contributed by atoms with Crippen molar-refractivity contribution in [3.05, 3.63) is 53.1 Å². The van der Waals surface area contributed by atoms with E-state index in [1.165, 1.54) is 4.90 Å². The van der Waals surface area contributed by atoms with E-state index in [-0.39, 0.29) is 12.2 Å². The molecule has 0 saturated carbocycles. The molecular formula is C21H21N7O3. The highest BCUT2D eigenvalue weighted by molar-refractivity contribution is 6.02. The Labute approximate surface area is 178 Å². The van der Waals surface area contributed by atoms with Gasteiger partial charge in [-0.2, -0.15) is 0 Å². The molecule has 0 aliphatic carbocycles. The maximum Gasteiger partial charge on any atom is 0.407 e. The topological polar surface area (TPSA) is 126 Å². The van der Waals surface area contributed by atoms with E-state index < -0.39 is 12.0 Å². The molecule has 5 rings (SSSR count). The van der Waals surface area contributed by atoms with Gasteiger partial charge in [-0.1, -0.05) is 6.07 Å². The molecule has 1 unspecified atom stereocenters. The van der Waals surface area contributed by atoms with E-state index >= 15 is 0 Å². The second kappa shape index (κ2) is 7.46. The van der Waals surface area contributed by atoms with E-state index in [2.05, 4.69) is 37.0 Å². The molecule has 3 aromatic rings. The van der Waals surface area contributed by atoms with Crippen LogP contribution in [-0.2, 0) is 19.4 Å². The largest absolute Gasteiger partial charge is 0.465 e. The Balaban J connectivity index is 1.37. The number of aryl methyl sites for hydroxylation is 1. The van der Waals surface area contributed by atoms with Gasteiger partial charge in [0, 0.05) is 31.7 Å². The monoisotopic (exact) mass is 419 g/mol. The summed E-state index contributed by atoms with van der Waals surface area (Å²) in [5.74, 6) is 1.63. The molecule has 2 aliphatic heterocycles. The summed E-state index contributed by atoms with van der Waals surface area (Å²) >= 11 is 0. The molecule has 158 valence electrons. The van der Waals surface area contributed by atoms with Gasteiger partial charge in [0.25, 0.3) is 5.91 Å². The third-order valence-electron chi connectivity index (χ3n) is 5.81. The van der Waals surface area contributed by atoms with Crippen molar-refractivity contribution in [3.8, 4) is 11.5 Å². The van der Waals surface area contributed by atoms with Gasteiger partial charge in [-0.15, -0.1) is 10.2 Å². The highest BCUT2D eigenvalue weighted by atomic mass is 16.4. The first-order chi connectivity index (χ1) is 15.0. The van der Waals surface area contributed by atoms with E-state index in [0.717, 1.165) is 29.8 Å². The molecule has 3 aromatic heterocycles. The third kappa shape index (κ3) is 3.49. The number of carbonyl (C=O) groups excluding carboxylic acids is 1. The summed E-state index contributed by atoms with van der Waals surface area (Å²) in [4.78, 5) is 34.2. The number of hydrogen-bond acceptors (Lipinski definition) is 6. The standard InChI is InChI=1S/C21H21N7O3/c1-12-5-6-18-25-26-19(28(12)18)15-3-2-4-17(23-15)24-20(29)16-9-14-11-27(21(30)31)8-7-13(14)10-22-16/h2-4,9-10,12H,5-8,11H2,1H3,(H,30,31)(H,23,24,29). The van der Waals surface area contributed by atoms with E-state index in [4.69, 9.17) is 0 Å². The molecule has 5 heterocycles. The molecule has 2 aliphatic rings. The fourth-order valence-corrected chi connectivity index (χ4v) is 4.13. The zero-order valence-corrected chi connectivity index (χ0v) is 16.9. The van der Waals surface area contributed by atoms with Crippen molar-refractivity contribution in [2.45, 2.75) is 38.8 Å². The zero-order valence-electron chi connectivity index (χ0n) is 16.9. The van der Waals surface area contributed by atoms with Crippen LogP contribution in [0.5, 0.6) is 0 Å². The number of hydrogen-bond donors (Lipinski definition) is 2. The third-order valence-corrected chi connectivity index (χ3v) is 5.81. The van der Waals surface area contributed by atoms with Gasteiger partial charge in [-0.05, 0) is 49.1 Å². The van der Waals surface area contributed by atoms with Gasteiger partial charge < -0.3 is 19.9 Å². The Morgan fingerprint density at radius 1 is 1.19 bits per heavy atom. The summed E-state index contributed by atoms with van der Waals surface area (Å²) in [6.07, 6.45) is 3.18. The average molecular weight is 419 g/mol. The smallest absolute Gasteiger partial charge is 0.407 e. The first kappa shape index (κ1) is 19.2. The van der Waals surface area contributed by atoms with Gasteiger partial charge >= 0.3 is 6.09 Å². The Hall–Kier alpha value is -3.82. The van der Waals surface area contributed by atoms with E-state index in [1.807, 2.05) is 12.1 Å². The molecule has 2 N–H and O–H groups in total. The maximum atomic E-state index is 12.8. The highest BCUT2D eigenvalue weighted by Crippen LogP contribution is 2.30. The van der Waals surface area contributed by atoms with E-state index in [9.17, 15) is 14.7 Å². The van der Waals surface area contributed by atoms with E-state index in [1.54, 1.807) is 18.3 Å². The number of carboxylic acid groups (broad SMARTS) is 1. The van der Waals surface area contributed by atoms with Gasteiger partial charge in [0.15, 0.2) is 5.82 Å². The van der Waals surface area contributed by atoms with Crippen LogP contribution in [0.1, 0.15) is 46.8 Å². The van der Waals surface area contributed by atoms with Gasteiger partial charge in [0.1, 0.15) is 23.0 Å². The molecule has 10 nitrogen and oxygen atoms in total. The van der Waals surface area contributed by atoms with Crippen LogP contribution in [-0.4, -0.2) is 53.3 Å². The SMILES string of the molecule is CC1CCc2nnc(-c3cccc(NC(=O)c4cc5c(cn4)CCN(C(=O)O)C5)n3)n21. The predicted molar refractivity (Wildman–Crippen MR) is 111 cm³/mol. The fourth-order valence-electron chi connectivity index (χ4n) is 4.13. The predicted octanol–water partition coefficient (Wildman–Crippen LogP) is 2.53. The molecule has 31 heavy (non-hydrogen) atoms. The molecule has 0 aromatic carbocycles. The molecule has 0 fully saturated rings. The molecule has 2 amide bonds. The van der Waals surface area contributed by atoms with Crippen molar-refractivity contribution in [1.82, 2.24) is 29.6 Å². The molecule has 10 heteroatoms. The summed E-state index contributed by atoms with van der Waals surface area (Å²) < 4.78 is 2.09. The van der Waals surface area contributed by atoms with Crippen molar-refractivity contribution in [2.24, 2.45) is 0 Å². The number of nitrogens with zero attached hydrogens (tertiary/aromatic N) is 6. The highest BCUT2D eigenvalue weighted by Gasteiger charge is 2.25. The number of fused-ring (bicyclic) bond motifs is 2. The van der Waals surface area contributed by atoms with Crippen LogP contribution >= 0.6 is 0 Å². The molecule has 0 spiro atoms. The number of amides is 2. The van der Waals surface area contributed by atoms with Crippen molar-refractivity contribution >= 4 is 17.8 Å². The summed E-state index contributed by atoms with van der Waals surface area (Å²) in [6.45, 7) is 2.80. The lowest BCUT2D eigenvalue weighted by atomic mass is 10.0. The minimum Gasteiger partial charge on any atom is -0.465 e. The zero-order chi connectivity index (χ0) is 21.5. The lowest BCUT2D eigenvalue weighted by Gasteiger charge is -2.26. The van der Waals surface area contributed by atoms with Crippen molar-refractivity contribution in [3.63, 3.8) is 0 Å². The van der Waals surface area contributed by atoms with Crippen LogP contribution in [0, 0.1) is 0 Å². The summed E-state index contributed by atoms with van der Waals surface area (Å²) in [7, 11) is 0. The first-order valence-corrected chi connectivity index (χ1v) is 10.2. The number of rotatable bonds is 3. The van der Waals surface area contributed by atoms with E-state index in [0.29, 0.717) is 36.3 Å². The number of pyridine rings is 2. The normalized spacial score (nSPS) is 17.2. The van der Waals surface area contributed by atoms with Gasteiger partial charge in [-0.25, -0.2) is 9.78 Å². The van der Waals surface area contributed by atoms with Gasteiger partial charge in [0.2, 0.25) is 0 Å². The molecule has 0 saturated heterocycles. The van der Waals surface area contributed by atoms with Crippen LogP contribution in [0.3, 0.4) is 0 Å². The fraction of sp³-hybridized carbons (Fsp3) is 0.333. The quantitative estimate of drug-likeness (QED) is 0.668.